The maximum Gasteiger partial charge on any atom is 0.280 e. The molecule has 0 radical (unpaired) electrons. The molecule has 2 N–H and O–H groups in total. The van der Waals surface area contributed by atoms with Crippen molar-refractivity contribution in [3.05, 3.63) is 70.5 Å². The summed E-state index contributed by atoms with van der Waals surface area (Å²) in [5.41, 5.74) is -0.109. The summed E-state index contributed by atoms with van der Waals surface area (Å²) in [7, 11) is 0. The molecule has 0 bridgehead atoms. The van der Waals surface area contributed by atoms with E-state index in [-0.39, 0.29) is 22.8 Å². The standard InChI is InChI=1S/C22H21N3O3/c23-15-22(13-5-2-6-14-22)19-20(27)24(16-7-3-1-4-8-16)25(21(19)28)17-9-11-18(26)12-10-17/h1,3-4,7-12,26,28H,2,5-6,13-14H2. The average Bonchev–Trinajstić information content (AvgIpc) is 3.00. The zero-order valence-corrected chi connectivity index (χ0v) is 15.4. The highest BCUT2D eigenvalue weighted by atomic mass is 16.3. The Morgan fingerprint density at radius 3 is 2.07 bits per heavy atom. The molecule has 1 aliphatic rings. The fourth-order valence-electron chi connectivity index (χ4n) is 4.12. The zero-order chi connectivity index (χ0) is 19.7. The number of phenolic OH excluding ortho intramolecular Hbond substituents is 1. The van der Waals surface area contributed by atoms with Crippen molar-refractivity contribution in [2.75, 3.05) is 0 Å². The molecule has 4 rings (SSSR count). The summed E-state index contributed by atoms with van der Waals surface area (Å²) in [4.78, 5) is 13.5. The maximum absolute atomic E-state index is 13.5. The summed E-state index contributed by atoms with van der Waals surface area (Å²) in [5, 5.41) is 30.7. The molecule has 3 aromatic rings. The molecule has 0 aliphatic heterocycles. The third-order valence-electron chi connectivity index (χ3n) is 5.53. The largest absolute Gasteiger partial charge is 0.508 e. The van der Waals surface area contributed by atoms with Gasteiger partial charge in [-0.05, 0) is 49.2 Å². The molecule has 1 aliphatic carbocycles. The van der Waals surface area contributed by atoms with Crippen LogP contribution in [0.4, 0.5) is 0 Å². The van der Waals surface area contributed by atoms with E-state index in [4.69, 9.17) is 0 Å². The second kappa shape index (κ2) is 6.93. The van der Waals surface area contributed by atoms with Crippen LogP contribution in [-0.2, 0) is 5.41 Å². The van der Waals surface area contributed by atoms with Gasteiger partial charge in [0.15, 0.2) is 0 Å². The molecule has 1 fully saturated rings. The monoisotopic (exact) mass is 375 g/mol. The van der Waals surface area contributed by atoms with Crippen LogP contribution in [0, 0.1) is 11.3 Å². The maximum atomic E-state index is 13.5. The third kappa shape index (κ3) is 2.76. The molecule has 6 nitrogen and oxygen atoms in total. The summed E-state index contributed by atoms with van der Waals surface area (Å²) in [6.07, 6.45) is 3.83. The molecule has 0 unspecified atom stereocenters. The summed E-state index contributed by atoms with van der Waals surface area (Å²) in [6.45, 7) is 0. The minimum Gasteiger partial charge on any atom is -0.508 e. The quantitative estimate of drug-likeness (QED) is 0.729. The van der Waals surface area contributed by atoms with E-state index < -0.39 is 5.41 Å². The number of aromatic hydroxyl groups is 2. The molecule has 0 spiro atoms. The Hall–Kier alpha value is -3.46. The highest BCUT2D eigenvalue weighted by Gasteiger charge is 2.42. The van der Waals surface area contributed by atoms with Crippen LogP contribution in [-0.4, -0.2) is 19.6 Å². The van der Waals surface area contributed by atoms with Gasteiger partial charge >= 0.3 is 0 Å². The molecule has 6 heteroatoms. The number of benzene rings is 2. The lowest BCUT2D eigenvalue weighted by atomic mass is 9.71. The molecule has 28 heavy (non-hydrogen) atoms. The van der Waals surface area contributed by atoms with Crippen molar-refractivity contribution in [1.29, 1.82) is 5.26 Å². The summed E-state index contributed by atoms with van der Waals surface area (Å²) >= 11 is 0. The molecule has 142 valence electrons. The van der Waals surface area contributed by atoms with Gasteiger partial charge in [0, 0.05) is 0 Å². The van der Waals surface area contributed by atoms with E-state index in [1.165, 1.54) is 21.5 Å². The Balaban J connectivity index is 2.04. The fraction of sp³-hybridized carbons (Fsp3) is 0.273. The van der Waals surface area contributed by atoms with Crippen molar-refractivity contribution in [3.8, 4) is 29.1 Å². The van der Waals surface area contributed by atoms with E-state index in [9.17, 15) is 20.3 Å². The topological polar surface area (TPSA) is 91.2 Å². The van der Waals surface area contributed by atoms with Gasteiger partial charge in [-0.15, -0.1) is 0 Å². The first-order chi connectivity index (χ1) is 13.6. The van der Waals surface area contributed by atoms with Gasteiger partial charge in [0.25, 0.3) is 5.56 Å². The summed E-state index contributed by atoms with van der Waals surface area (Å²) in [5.74, 6) is -0.131. The number of hydrogen-bond acceptors (Lipinski definition) is 4. The van der Waals surface area contributed by atoms with Gasteiger partial charge in [0.1, 0.15) is 11.3 Å². The van der Waals surface area contributed by atoms with Crippen molar-refractivity contribution in [1.82, 2.24) is 9.36 Å². The highest BCUT2D eigenvalue weighted by Crippen LogP contribution is 2.42. The van der Waals surface area contributed by atoms with Crippen LogP contribution in [0.2, 0.25) is 0 Å². The van der Waals surface area contributed by atoms with E-state index in [2.05, 4.69) is 6.07 Å². The number of hydrogen-bond donors (Lipinski definition) is 2. The van der Waals surface area contributed by atoms with Gasteiger partial charge in [-0.3, -0.25) is 4.79 Å². The number of aromatic nitrogens is 2. The molecule has 0 atom stereocenters. The first-order valence-corrected chi connectivity index (χ1v) is 9.41. The normalized spacial score (nSPS) is 15.8. The Kier molecular flexibility index (Phi) is 4.44. The predicted molar refractivity (Wildman–Crippen MR) is 105 cm³/mol. The summed E-state index contributed by atoms with van der Waals surface area (Å²) < 4.78 is 2.81. The second-order valence-electron chi connectivity index (χ2n) is 7.23. The Labute approximate surface area is 162 Å². The van der Waals surface area contributed by atoms with Crippen LogP contribution in [0.5, 0.6) is 11.6 Å². The first-order valence-electron chi connectivity index (χ1n) is 9.41. The first kappa shape index (κ1) is 17.9. The Morgan fingerprint density at radius 2 is 1.46 bits per heavy atom. The molecule has 0 amide bonds. The number of rotatable bonds is 3. The van der Waals surface area contributed by atoms with Crippen molar-refractivity contribution in [2.45, 2.75) is 37.5 Å². The SMILES string of the molecule is N#CC1(c2c(O)n(-c3ccc(O)cc3)n(-c3ccccc3)c2=O)CCCCC1. The van der Waals surface area contributed by atoms with Crippen LogP contribution >= 0.6 is 0 Å². The van der Waals surface area contributed by atoms with E-state index in [1.54, 1.807) is 24.3 Å². The molecule has 0 saturated heterocycles. The third-order valence-corrected chi connectivity index (χ3v) is 5.53. The van der Waals surface area contributed by atoms with Crippen molar-refractivity contribution < 1.29 is 10.2 Å². The lowest BCUT2D eigenvalue weighted by molar-refractivity contribution is 0.344. The average molecular weight is 375 g/mol. The molecule has 2 aromatic carbocycles. The molecule has 1 saturated carbocycles. The van der Waals surface area contributed by atoms with E-state index in [1.807, 2.05) is 18.2 Å². The van der Waals surface area contributed by atoms with Crippen LogP contribution in [0.1, 0.15) is 37.7 Å². The molecule has 1 heterocycles. The Bertz CT molecular complexity index is 1080. The van der Waals surface area contributed by atoms with Crippen molar-refractivity contribution in [2.24, 2.45) is 0 Å². The zero-order valence-electron chi connectivity index (χ0n) is 15.4. The minimum atomic E-state index is -0.988. The molecule has 1 aromatic heterocycles. The van der Waals surface area contributed by atoms with Gasteiger partial charge in [-0.2, -0.15) is 5.26 Å². The van der Waals surface area contributed by atoms with Crippen LogP contribution in [0.3, 0.4) is 0 Å². The van der Waals surface area contributed by atoms with Crippen molar-refractivity contribution >= 4 is 0 Å². The Morgan fingerprint density at radius 1 is 0.857 bits per heavy atom. The van der Waals surface area contributed by atoms with E-state index >= 15 is 0 Å². The summed E-state index contributed by atoms with van der Waals surface area (Å²) in [6, 6.07) is 17.6. The van der Waals surface area contributed by atoms with E-state index in [0.29, 0.717) is 24.2 Å². The highest BCUT2D eigenvalue weighted by molar-refractivity contribution is 5.49. The van der Waals surface area contributed by atoms with E-state index in [0.717, 1.165) is 19.3 Å². The van der Waals surface area contributed by atoms with Gasteiger partial charge in [0.2, 0.25) is 5.88 Å². The lowest BCUT2D eigenvalue weighted by Gasteiger charge is -2.29. The van der Waals surface area contributed by atoms with Crippen LogP contribution in [0.25, 0.3) is 11.4 Å². The van der Waals surface area contributed by atoms with Crippen molar-refractivity contribution in [3.63, 3.8) is 0 Å². The van der Waals surface area contributed by atoms with Gasteiger partial charge in [-0.25, -0.2) is 9.36 Å². The lowest BCUT2D eigenvalue weighted by Crippen LogP contribution is -2.33. The van der Waals surface area contributed by atoms with Gasteiger partial charge in [0.05, 0.1) is 22.9 Å². The number of phenols is 1. The minimum absolute atomic E-state index is 0.0880. The smallest absolute Gasteiger partial charge is 0.280 e. The van der Waals surface area contributed by atoms with Crippen LogP contribution in [0.15, 0.2) is 59.4 Å². The molecular formula is C22H21N3O3. The number of nitriles is 1. The second-order valence-corrected chi connectivity index (χ2v) is 7.23. The fourth-order valence-corrected chi connectivity index (χ4v) is 4.12. The molecular weight excluding hydrogens is 354 g/mol. The predicted octanol–water partition coefficient (Wildman–Crippen LogP) is 3.76. The number of nitrogens with zero attached hydrogens (tertiary/aromatic N) is 3. The van der Waals surface area contributed by atoms with Crippen LogP contribution < -0.4 is 5.56 Å². The number of para-hydroxylation sites is 1. The van der Waals surface area contributed by atoms with Gasteiger partial charge < -0.3 is 10.2 Å². The van der Waals surface area contributed by atoms with Gasteiger partial charge in [-0.1, -0.05) is 37.5 Å².